The Hall–Kier alpha value is -2.61. The first-order valence-corrected chi connectivity index (χ1v) is 8.23. The minimum atomic E-state index is -0.260. The summed E-state index contributed by atoms with van der Waals surface area (Å²) in [6.45, 7) is 8.13. The molecule has 24 heavy (non-hydrogen) atoms. The number of hydrazone groups is 1. The van der Waals surface area contributed by atoms with E-state index in [4.69, 9.17) is 9.68 Å². The van der Waals surface area contributed by atoms with Crippen LogP contribution < -0.4 is 5.43 Å². The average Bonchev–Trinajstić information content (AvgIpc) is 2.97. The van der Waals surface area contributed by atoms with Crippen LogP contribution in [0.3, 0.4) is 0 Å². The van der Waals surface area contributed by atoms with E-state index in [2.05, 4.69) is 34.6 Å². The summed E-state index contributed by atoms with van der Waals surface area (Å²) in [5.41, 5.74) is 5.04. The van der Waals surface area contributed by atoms with E-state index < -0.39 is 0 Å². The van der Waals surface area contributed by atoms with Gasteiger partial charge < -0.3 is 4.42 Å². The van der Waals surface area contributed by atoms with E-state index in [1.165, 1.54) is 18.4 Å². The lowest BCUT2D eigenvalue weighted by Crippen LogP contribution is -2.11. The van der Waals surface area contributed by atoms with Crippen LogP contribution in [-0.4, -0.2) is 11.2 Å². The molecule has 1 heterocycles. The summed E-state index contributed by atoms with van der Waals surface area (Å²) in [6, 6.07) is 10.3. The second-order valence-corrected chi connectivity index (χ2v) is 6.77. The van der Waals surface area contributed by atoms with E-state index in [9.17, 15) is 0 Å². The molecule has 1 aromatic heterocycles. The highest BCUT2D eigenvalue weighted by Gasteiger charge is 2.23. The third-order valence-electron chi connectivity index (χ3n) is 3.55. The Morgan fingerprint density at radius 3 is 2.58 bits per heavy atom. The summed E-state index contributed by atoms with van der Waals surface area (Å²) in [4.78, 5) is 4.20. The lowest BCUT2D eigenvalue weighted by molar-refractivity contribution is 0.399. The van der Waals surface area contributed by atoms with Gasteiger partial charge in [0.2, 0.25) is 11.6 Å². The van der Waals surface area contributed by atoms with Crippen LogP contribution in [0.1, 0.15) is 63.2 Å². The van der Waals surface area contributed by atoms with Crippen molar-refractivity contribution in [3.8, 4) is 6.07 Å². The number of anilines is 1. The number of hydrogen-bond donors (Lipinski definition) is 1. The van der Waals surface area contributed by atoms with E-state index in [-0.39, 0.29) is 17.0 Å². The van der Waals surface area contributed by atoms with Gasteiger partial charge in [0.1, 0.15) is 6.07 Å². The molecule has 0 unspecified atom stereocenters. The molecule has 0 fully saturated rings. The van der Waals surface area contributed by atoms with Crippen molar-refractivity contribution in [2.24, 2.45) is 5.10 Å². The van der Waals surface area contributed by atoms with Crippen molar-refractivity contribution in [2.75, 3.05) is 5.43 Å². The van der Waals surface area contributed by atoms with Crippen LogP contribution in [0, 0.1) is 11.3 Å². The predicted octanol–water partition coefficient (Wildman–Crippen LogP) is 4.63. The standard InChI is InChI=1S/C19H24N4O/c1-5-6-7-14-8-10-15(11-9-14)13-21-23-17-16(12-20)22-18(24-17)19(2,3)4/h8-11,13,23H,5-7H2,1-4H3. The first-order chi connectivity index (χ1) is 11.4. The Bertz CT molecular complexity index is 730. The summed E-state index contributed by atoms with van der Waals surface area (Å²) >= 11 is 0. The van der Waals surface area contributed by atoms with Gasteiger partial charge in [-0.2, -0.15) is 15.3 Å². The van der Waals surface area contributed by atoms with Crippen LogP contribution in [0.25, 0.3) is 0 Å². The number of nitrogens with zero attached hydrogens (tertiary/aromatic N) is 3. The molecule has 0 aliphatic heterocycles. The number of unbranched alkanes of at least 4 members (excludes halogenated alkanes) is 1. The summed E-state index contributed by atoms with van der Waals surface area (Å²) in [5, 5.41) is 13.3. The number of hydrogen-bond acceptors (Lipinski definition) is 5. The third kappa shape index (κ3) is 4.69. The second kappa shape index (κ2) is 7.78. The molecule has 0 aliphatic rings. The quantitative estimate of drug-likeness (QED) is 0.621. The van der Waals surface area contributed by atoms with Gasteiger partial charge in [0.15, 0.2) is 0 Å². The molecule has 1 N–H and O–H groups in total. The molecule has 0 atom stereocenters. The maximum atomic E-state index is 9.15. The van der Waals surface area contributed by atoms with Gasteiger partial charge in [-0.15, -0.1) is 0 Å². The molecule has 0 bridgehead atoms. The van der Waals surface area contributed by atoms with Crippen molar-refractivity contribution in [1.82, 2.24) is 4.98 Å². The third-order valence-corrected chi connectivity index (χ3v) is 3.55. The fourth-order valence-corrected chi connectivity index (χ4v) is 2.11. The van der Waals surface area contributed by atoms with Crippen LogP contribution in [0.2, 0.25) is 0 Å². The van der Waals surface area contributed by atoms with Gasteiger partial charge >= 0.3 is 0 Å². The van der Waals surface area contributed by atoms with E-state index in [0.717, 1.165) is 12.0 Å². The van der Waals surface area contributed by atoms with Crippen molar-refractivity contribution in [3.63, 3.8) is 0 Å². The molecule has 0 amide bonds. The number of benzene rings is 1. The van der Waals surface area contributed by atoms with Gasteiger partial charge in [0.25, 0.3) is 5.88 Å². The molecule has 0 radical (unpaired) electrons. The fraction of sp³-hybridized carbons (Fsp3) is 0.421. The largest absolute Gasteiger partial charge is 0.421 e. The zero-order valence-electron chi connectivity index (χ0n) is 14.8. The Labute approximate surface area is 143 Å². The molecule has 0 aliphatic carbocycles. The SMILES string of the molecule is CCCCc1ccc(C=NNc2oc(C(C)(C)C)nc2C#N)cc1. The number of nitriles is 1. The maximum Gasteiger partial charge on any atom is 0.252 e. The van der Waals surface area contributed by atoms with Gasteiger partial charge in [-0.3, -0.25) is 0 Å². The highest BCUT2D eigenvalue weighted by Crippen LogP contribution is 2.26. The highest BCUT2D eigenvalue weighted by atomic mass is 16.4. The number of aryl methyl sites for hydroxylation is 1. The van der Waals surface area contributed by atoms with Crippen LogP contribution in [0.5, 0.6) is 0 Å². The lowest BCUT2D eigenvalue weighted by Gasteiger charge is -2.11. The number of aromatic nitrogens is 1. The van der Waals surface area contributed by atoms with Crippen LogP contribution in [0.15, 0.2) is 33.8 Å². The minimum Gasteiger partial charge on any atom is -0.421 e. The van der Waals surface area contributed by atoms with Crippen LogP contribution in [-0.2, 0) is 11.8 Å². The second-order valence-electron chi connectivity index (χ2n) is 6.77. The molecule has 1 aromatic carbocycles. The Balaban J connectivity index is 2.04. The van der Waals surface area contributed by atoms with Gasteiger partial charge in [-0.1, -0.05) is 58.4 Å². The number of oxazole rings is 1. The van der Waals surface area contributed by atoms with Crippen molar-refractivity contribution in [3.05, 3.63) is 47.0 Å². The minimum absolute atomic E-state index is 0.215. The molecule has 5 nitrogen and oxygen atoms in total. The fourth-order valence-electron chi connectivity index (χ4n) is 2.11. The molecular formula is C19H24N4O. The normalized spacial score (nSPS) is 11.6. The molecular weight excluding hydrogens is 300 g/mol. The van der Waals surface area contributed by atoms with Crippen LogP contribution >= 0.6 is 0 Å². The summed E-state index contributed by atoms with van der Waals surface area (Å²) in [5.74, 6) is 0.787. The Morgan fingerprint density at radius 1 is 1.29 bits per heavy atom. The maximum absolute atomic E-state index is 9.15. The first kappa shape index (κ1) is 17.7. The van der Waals surface area contributed by atoms with E-state index in [0.29, 0.717) is 5.89 Å². The highest BCUT2D eigenvalue weighted by molar-refractivity contribution is 5.80. The summed E-state index contributed by atoms with van der Waals surface area (Å²) in [6.07, 6.45) is 5.20. The molecule has 0 spiro atoms. The van der Waals surface area contributed by atoms with E-state index >= 15 is 0 Å². The smallest absolute Gasteiger partial charge is 0.252 e. The van der Waals surface area contributed by atoms with Crippen molar-refractivity contribution in [2.45, 2.75) is 52.4 Å². The van der Waals surface area contributed by atoms with E-state index in [1.807, 2.05) is 39.0 Å². The first-order valence-electron chi connectivity index (χ1n) is 8.23. The summed E-state index contributed by atoms with van der Waals surface area (Å²) < 4.78 is 5.61. The van der Waals surface area contributed by atoms with E-state index in [1.54, 1.807) is 6.21 Å². The van der Waals surface area contributed by atoms with Crippen molar-refractivity contribution in [1.29, 1.82) is 5.26 Å². The topological polar surface area (TPSA) is 74.2 Å². The van der Waals surface area contributed by atoms with Crippen molar-refractivity contribution >= 4 is 12.1 Å². The summed E-state index contributed by atoms with van der Waals surface area (Å²) in [7, 11) is 0. The molecule has 2 aromatic rings. The number of nitrogens with one attached hydrogen (secondary N) is 1. The molecule has 0 saturated carbocycles. The van der Waals surface area contributed by atoms with Gasteiger partial charge in [0, 0.05) is 5.41 Å². The Morgan fingerprint density at radius 2 is 2.00 bits per heavy atom. The van der Waals surface area contributed by atoms with Crippen LogP contribution in [0.4, 0.5) is 5.88 Å². The van der Waals surface area contributed by atoms with Crippen molar-refractivity contribution < 1.29 is 4.42 Å². The van der Waals surface area contributed by atoms with Gasteiger partial charge in [-0.25, -0.2) is 5.43 Å². The zero-order valence-corrected chi connectivity index (χ0v) is 14.8. The predicted molar refractivity (Wildman–Crippen MR) is 96.2 cm³/mol. The molecule has 0 saturated heterocycles. The monoisotopic (exact) mass is 324 g/mol. The molecule has 126 valence electrons. The lowest BCUT2D eigenvalue weighted by atomic mass is 9.97. The number of rotatable bonds is 6. The molecule has 2 rings (SSSR count). The zero-order chi connectivity index (χ0) is 17.6. The average molecular weight is 324 g/mol. The van der Waals surface area contributed by atoms with Gasteiger partial charge in [0.05, 0.1) is 6.21 Å². The molecule has 5 heteroatoms. The van der Waals surface area contributed by atoms with Gasteiger partial charge in [-0.05, 0) is 24.0 Å². The Kier molecular flexibility index (Phi) is 5.75.